The van der Waals surface area contributed by atoms with E-state index in [0.717, 1.165) is 12.8 Å². The van der Waals surface area contributed by atoms with E-state index in [1.807, 2.05) is 12.1 Å². The van der Waals surface area contributed by atoms with Crippen molar-refractivity contribution >= 4 is 9.84 Å². The number of sulfone groups is 1. The van der Waals surface area contributed by atoms with Crippen LogP contribution in [0.15, 0.2) is 58.5 Å². The SMILES string of the molecule is CC1=C(/C=C/CS(=O)(=O)c2ccccc2)C(C)(C)CCC1. The molecule has 0 radical (unpaired) electrons. The first kappa shape index (κ1) is 16.0. The minimum absolute atomic E-state index is 0.0594. The summed E-state index contributed by atoms with van der Waals surface area (Å²) in [6.07, 6.45) is 7.33. The fourth-order valence-electron chi connectivity index (χ4n) is 3.03. The maximum atomic E-state index is 12.2. The third kappa shape index (κ3) is 3.85. The van der Waals surface area contributed by atoms with E-state index in [-0.39, 0.29) is 11.2 Å². The van der Waals surface area contributed by atoms with E-state index in [2.05, 4.69) is 20.8 Å². The molecule has 1 aliphatic carbocycles. The molecule has 1 aromatic carbocycles. The largest absolute Gasteiger partial charge is 0.223 e. The molecule has 0 saturated heterocycles. The quantitative estimate of drug-likeness (QED) is 0.818. The van der Waals surface area contributed by atoms with Crippen molar-refractivity contribution in [1.29, 1.82) is 0 Å². The Balaban J connectivity index is 2.16. The predicted octanol–water partition coefficient (Wildman–Crippen LogP) is 4.54. The molecule has 2 nitrogen and oxygen atoms in total. The van der Waals surface area contributed by atoms with Gasteiger partial charge in [0.15, 0.2) is 9.84 Å². The second kappa shape index (κ2) is 6.18. The van der Waals surface area contributed by atoms with Gasteiger partial charge in [0.05, 0.1) is 10.6 Å². The fraction of sp³-hybridized carbons (Fsp3) is 0.444. The Morgan fingerprint density at radius 3 is 2.48 bits per heavy atom. The molecule has 0 fully saturated rings. The van der Waals surface area contributed by atoms with Gasteiger partial charge in [-0.25, -0.2) is 8.42 Å². The smallest absolute Gasteiger partial charge is 0.181 e. The maximum absolute atomic E-state index is 12.2. The van der Waals surface area contributed by atoms with E-state index >= 15 is 0 Å². The Labute approximate surface area is 128 Å². The summed E-state index contributed by atoms with van der Waals surface area (Å²) in [5.74, 6) is 0.0594. The minimum atomic E-state index is -3.23. The second-order valence-electron chi connectivity index (χ2n) is 6.43. The van der Waals surface area contributed by atoms with Gasteiger partial charge in [0.2, 0.25) is 0 Å². The van der Waals surface area contributed by atoms with Crippen molar-refractivity contribution in [3.63, 3.8) is 0 Å². The number of allylic oxidation sites excluding steroid dienone is 3. The molecular weight excluding hydrogens is 280 g/mol. The van der Waals surface area contributed by atoms with Crippen LogP contribution in [-0.4, -0.2) is 14.2 Å². The summed E-state index contributed by atoms with van der Waals surface area (Å²) in [5, 5.41) is 0. The van der Waals surface area contributed by atoms with E-state index in [1.54, 1.807) is 30.3 Å². The lowest BCUT2D eigenvalue weighted by atomic mass is 9.73. The molecule has 0 unspecified atom stereocenters. The fourth-order valence-corrected chi connectivity index (χ4v) is 4.14. The van der Waals surface area contributed by atoms with Crippen molar-refractivity contribution in [2.75, 3.05) is 5.75 Å². The number of benzene rings is 1. The molecule has 0 spiro atoms. The highest BCUT2D eigenvalue weighted by Crippen LogP contribution is 2.40. The van der Waals surface area contributed by atoms with Crippen LogP contribution in [-0.2, 0) is 9.84 Å². The van der Waals surface area contributed by atoms with Gasteiger partial charge in [-0.15, -0.1) is 0 Å². The zero-order chi connectivity index (χ0) is 15.5. The molecule has 0 aliphatic heterocycles. The van der Waals surface area contributed by atoms with Crippen molar-refractivity contribution < 1.29 is 8.42 Å². The van der Waals surface area contributed by atoms with Crippen LogP contribution < -0.4 is 0 Å². The second-order valence-corrected chi connectivity index (χ2v) is 8.46. The number of hydrogen-bond donors (Lipinski definition) is 0. The molecular formula is C18H24O2S. The first-order valence-corrected chi connectivity index (χ1v) is 9.13. The third-order valence-corrected chi connectivity index (χ3v) is 5.87. The zero-order valence-electron chi connectivity index (χ0n) is 13.1. The Bertz CT molecular complexity index is 650. The normalized spacial score (nSPS) is 19.2. The summed E-state index contributed by atoms with van der Waals surface area (Å²) in [4.78, 5) is 0.392. The van der Waals surface area contributed by atoms with Crippen molar-refractivity contribution in [3.8, 4) is 0 Å². The first-order chi connectivity index (χ1) is 9.83. The molecule has 2 rings (SSSR count). The monoisotopic (exact) mass is 304 g/mol. The maximum Gasteiger partial charge on any atom is 0.181 e. The van der Waals surface area contributed by atoms with E-state index in [0.29, 0.717) is 4.90 Å². The summed E-state index contributed by atoms with van der Waals surface area (Å²) >= 11 is 0. The zero-order valence-corrected chi connectivity index (χ0v) is 13.9. The van der Waals surface area contributed by atoms with Crippen molar-refractivity contribution in [3.05, 3.63) is 53.6 Å². The van der Waals surface area contributed by atoms with Crippen LogP contribution in [0.4, 0.5) is 0 Å². The highest BCUT2D eigenvalue weighted by Gasteiger charge is 2.26. The highest BCUT2D eigenvalue weighted by atomic mass is 32.2. The lowest BCUT2D eigenvalue weighted by Crippen LogP contribution is -2.19. The Morgan fingerprint density at radius 2 is 1.86 bits per heavy atom. The molecule has 0 aromatic heterocycles. The van der Waals surface area contributed by atoms with Gasteiger partial charge in [0, 0.05) is 0 Å². The van der Waals surface area contributed by atoms with E-state index in [4.69, 9.17) is 0 Å². The summed E-state index contributed by atoms with van der Waals surface area (Å²) in [7, 11) is -3.23. The summed E-state index contributed by atoms with van der Waals surface area (Å²) in [6.45, 7) is 6.63. The molecule has 0 heterocycles. The molecule has 114 valence electrons. The third-order valence-electron chi connectivity index (χ3n) is 4.24. The molecule has 0 amide bonds. The molecule has 1 aliphatic rings. The van der Waals surface area contributed by atoms with Crippen molar-refractivity contribution in [2.45, 2.75) is 44.9 Å². The van der Waals surface area contributed by atoms with Gasteiger partial charge in [-0.3, -0.25) is 0 Å². The standard InChI is InChI=1S/C18H24O2S/c1-15-9-7-13-18(2,3)17(15)12-8-14-21(19,20)16-10-5-4-6-11-16/h4-6,8,10-12H,7,9,13-14H2,1-3H3/b12-8+. The van der Waals surface area contributed by atoms with Gasteiger partial charge >= 0.3 is 0 Å². The highest BCUT2D eigenvalue weighted by molar-refractivity contribution is 7.91. The molecule has 0 bridgehead atoms. The van der Waals surface area contributed by atoms with Crippen molar-refractivity contribution in [1.82, 2.24) is 0 Å². The summed E-state index contributed by atoms with van der Waals surface area (Å²) < 4.78 is 24.5. The van der Waals surface area contributed by atoms with Gasteiger partial charge in [0.25, 0.3) is 0 Å². The molecule has 0 atom stereocenters. The Kier molecular flexibility index (Phi) is 4.72. The van der Waals surface area contributed by atoms with Crippen LogP contribution in [0.1, 0.15) is 40.0 Å². The van der Waals surface area contributed by atoms with Crippen LogP contribution >= 0.6 is 0 Å². The van der Waals surface area contributed by atoms with Crippen LogP contribution in [0.2, 0.25) is 0 Å². The molecule has 3 heteroatoms. The molecule has 1 aromatic rings. The van der Waals surface area contributed by atoms with Crippen LogP contribution in [0, 0.1) is 5.41 Å². The van der Waals surface area contributed by atoms with E-state index in [1.165, 1.54) is 17.6 Å². The lowest BCUT2D eigenvalue weighted by molar-refractivity contribution is 0.376. The van der Waals surface area contributed by atoms with E-state index in [9.17, 15) is 8.42 Å². The lowest BCUT2D eigenvalue weighted by Gasteiger charge is -2.32. The Morgan fingerprint density at radius 1 is 1.19 bits per heavy atom. The predicted molar refractivity (Wildman–Crippen MR) is 88.0 cm³/mol. The average molecular weight is 304 g/mol. The van der Waals surface area contributed by atoms with Crippen molar-refractivity contribution in [2.24, 2.45) is 5.41 Å². The molecule has 21 heavy (non-hydrogen) atoms. The van der Waals surface area contributed by atoms with Crippen LogP contribution in [0.3, 0.4) is 0 Å². The van der Waals surface area contributed by atoms with Gasteiger partial charge in [-0.2, -0.15) is 0 Å². The van der Waals surface area contributed by atoms with E-state index < -0.39 is 9.84 Å². The van der Waals surface area contributed by atoms with Gasteiger partial charge < -0.3 is 0 Å². The first-order valence-electron chi connectivity index (χ1n) is 7.47. The number of hydrogen-bond acceptors (Lipinski definition) is 2. The summed E-state index contributed by atoms with van der Waals surface area (Å²) in [5.41, 5.74) is 2.84. The molecule has 0 saturated carbocycles. The average Bonchev–Trinajstić information content (AvgIpc) is 2.43. The van der Waals surface area contributed by atoms with Crippen LogP contribution in [0.25, 0.3) is 0 Å². The van der Waals surface area contributed by atoms with Gasteiger partial charge in [-0.1, -0.05) is 49.8 Å². The van der Waals surface area contributed by atoms with Gasteiger partial charge in [-0.05, 0) is 49.3 Å². The van der Waals surface area contributed by atoms with Gasteiger partial charge in [0.1, 0.15) is 0 Å². The Hall–Kier alpha value is -1.35. The number of rotatable bonds is 4. The molecule has 0 N–H and O–H groups in total. The van der Waals surface area contributed by atoms with Crippen LogP contribution in [0.5, 0.6) is 0 Å². The summed E-state index contributed by atoms with van der Waals surface area (Å²) in [6, 6.07) is 8.64. The topological polar surface area (TPSA) is 34.1 Å². The minimum Gasteiger partial charge on any atom is -0.223 e.